The van der Waals surface area contributed by atoms with E-state index in [1.54, 1.807) is 33.9 Å². The maximum Gasteiger partial charge on any atom is 0.141 e. The zero-order chi connectivity index (χ0) is 20.3. The molecule has 4 heterocycles. The van der Waals surface area contributed by atoms with Gasteiger partial charge in [-0.3, -0.25) is 0 Å². The number of hydrogen-bond donors (Lipinski definition) is 1. The van der Waals surface area contributed by atoms with Crippen molar-refractivity contribution < 1.29 is 9.64 Å². The van der Waals surface area contributed by atoms with E-state index in [9.17, 15) is 0 Å². The van der Waals surface area contributed by atoms with Gasteiger partial charge in [0.25, 0.3) is 0 Å². The Morgan fingerprint density at radius 1 is 1.07 bits per heavy atom. The van der Waals surface area contributed by atoms with Crippen molar-refractivity contribution in [2.24, 2.45) is 0 Å². The summed E-state index contributed by atoms with van der Waals surface area (Å²) in [7, 11) is 0. The van der Waals surface area contributed by atoms with Crippen molar-refractivity contribution >= 4 is 38.7 Å². The van der Waals surface area contributed by atoms with Crippen molar-refractivity contribution in [2.45, 2.75) is 6.92 Å². The van der Waals surface area contributed by atoms with Gasteiger partial charge in [-0.2, -0.15) is 0 Å². The van der Waals surface area contributed by atoms with Gasteiger partial charge in [0.05, 0.1) is 31.6 Å². The van der Waals surface area contributed by atoms with Crippen molar-refractivity contribution in [1.29, 1.82) is 0 Å². The van der Waals surface area contributed by atoms with Crippen molar-refractivity contribution in [2.75, 3.05) is 44.2 Å². The van der Waals surface area contributed by atoms with Crippen LogP contribution in [0.3, 0.4) is 0 Å². The molecular formula is C23H25N4OS2+. The molecule has 5 nitrogen and oxygen atoms in total. The van der Waals surface area contributed by atoms with E-state index in [0.717, 1.165) is 55.7 Å². The van der Waals surface area contributed by atoms with E-state index < -0.39 is 0 Å². The van der Waals surface area contributed by atoms with Crippen molar-refractivity contribution in [1.82, 2.24) is 9.97 Å². The quantitative estimate of drug-likeness (QED) is 0.501. The second-order valence-electron chi connectivity index (χ2n) is 7.65. The lowest BCUT2D eigenvalue weighted by Crippen LogP contribution is -3.15. The topological polar surface area (TPSA) is 42.7 Å². The van der Waals surface area contributed by atoms with Gasteiger partial charge in [0.1, 0.15) is 35.9 Å². The van der Waals surface area contributed by atoms with Crippen LogP contribution < -0.4 is 14.5 Å². The van der Waals surface area contributed by atoms with Crippen LogP contribution in [0.25, 0.3) is 20.7 Å². The molecule has 0 unspecified atom stereocenters. The van der Waals surface area contributed by atoms with Crippen LogP contribution in [0.1, 0.15) is 5.56 Å². The molecule has 0 amide bonds. The Hall–Kier alpha value is -2.48. The minimum absolute atomic E-state index is 0.753. The predicted octanol–water partition coefficient (Wildman–Crippen LogP) is 3.51. The Balaban J connectivity index is 1.23. The molecule has 5 rings (SSSR count). The minimum Gasteiger partial charge on any atom is -0.488 e. The van der Waals surface area contributed by atoms with Crippen LogP contribution in [0.5, 0.6) is 5.75 Å². The largest absolute Gasteiger partial charge is 0.488 e. The molecule has 154 valence electrons. The summed E-state index contributed by atoms with van der Waals surface area (Å²) in [6.45, 7) is 8.08. The molecule has 1 fully saturated rings. The Morgan fingerprint density at radius 2 is 1.90 bits per heavy atom. The highest BCUT2D eigenvalue weighted by Crippen LogP contribution is 2.39. The first kappa shape index (κ1) is 19.5. The van der Waals surface area contributed by atoms with Crippen LogP contribution in [0.15, 0.2) is 53.5 Å². The standard InChI is InChI=1S/C23H24N4OS2/c1-17-4-6-18(7-5-17)28-13-12-26-8-10-27(11-9-26)22-21-19(20-3-2-14-29-20)15-30-23(21)25-16-24-22/h2-7,14-16H,8-13H2,1H3/p+1. The number of anilines is 1. The number of ether oxygens (including phenoxy) is 1. The van der Waals surface area contributed by atoms with Gasteiger partial charge in [0, 0.05) is 15.8 Å². The van der Waals surface area contributed by atoms with E-state index >= 15 is 0 Å². The van der Waals surface area contributed by atoms with Crippen LogP contribution >= 0.6 is 22.7 Å². The van der Waals surface area contributed by atoms with Crippen LogP contribution in [-0.4, -0.2) is 49.3 Å². The van der Waals surface area contributed by atoms with E-state index in [1.165, 1.54) is 21.4 Å². The maximum absolute atomic E-state index is 5.93. The molecule has 0 saturated carbocycles. The number of fused-ring (bicyclic) bond motifs is 1. The van der Waals surface area contributed by atoms with Crippen LogP contribution in [0.4, 0.5) is 5.82 Å². The molecule has 1 aliphatic rings. The monoisotopic (exact) mass is 437 g/mol. The SMILES string of the molecule is Cc1ccc(OCC[NH+]2CCN(c3ncnc4scc(-c5cccs5)c34)CC2)cc1. The van der Waals surface area contributed by atoms with Crippen molar-refractivity contribution in [3.63, 3.8) is 0 Å². The number of nitrogens with one attached hydrogen (secondary N) is 1. The number of aryl methyl sites for hydroxylation is 1. The van der Waals surface area contributed by atoms with Gasteiger partial charge in [-0.1, -0.05) is 23.8 Å². The lowest BCUT2D eigenvalue weighted by molar-refractivity contribution is -0.900. The highest BCUT2D eigenvalue weighted by molar-refractivity contribution is 7.18. The van der Waals surface area contributed by atoms with Gasteiger partial charge < -0.3 is 14.5 Å². The number of aromatic nitrogens is 2. The molecule has 3 aromatic heterocycles. The first-order chi connectivity index (χ1) is 14.8. The van der Waals surface area contributed by atoms with Crippen LogP contribution in [0.2, 0.25) is 0 Å². The van der Waals surface area contributed by atoms with E-state index in [0.29, 0.717) is 0 Å². The molecular weight excluding hydrogens is 412 g/mol. The number of nitrogens with zero attached hydrogens (tertiary/aromatic N) is 3. The van der Waals surface area contributed by atoms with E-state index in [-0.39, 0.29) is 0 Å². The molecule has 1 N–H and O–H groups in total. The number of thiophene rings is 2. The molecule has 4 aromatic rings. The summed E-state index contributed by atoms with van der Waals surface area (Å²) in [6, 6.07) is 12.6. The summed E-state index contributed by atoms with van der Waals surface area (Å²) in [5, 5.41) is 5.55. The lowest BCUT2D eigenvalue weighted by atomic mass is 10.2. The van der Waals surface area contributed by atoms with Gasteiger partial charge in [0.15, 0.2) is 0 Å². The third-order valence-electron chi connectivity index (χ3n) is 5.65. The van der Waals surface area contributed by atoms with Crippen LogP contribution in [0, 0.1) is 6.92 Å². The number of quaternary nitrogens is 1. The molecule has 0 atom stereocenters. The Bertz CT molecular complexity index is 1100. The highest BCUT2D eigenvalue weighted by Gasteiger charge is 2.24. The normalized spacial score (nSPS) is 15.0. The second kappa shape index (κ2) is 8.71. The fourth-order valence-electron chi connectivity index (χ4n) is 3.94. The third kappa shape index (κ3) is 4.05. The molecule has 1 aliphatic heterocycles. The minimum atomic E-state index is 0.753. The second-order valence-corrected chi connectivity index (χ2v) is 9.46. The fraction of sp³-hybridized carbons (Fsp3) is 0.304. The summed E-state index contributed by atoms with van der Waals surface area (Å²) in [4.78, 5) is 15.6. The molecule has 1 aromatic carbocycles. The predicted molar refractivity (Wildman–Crippen MR) is 125 cm³/mol. The Labute approximate surface area is 184 Å². The van der Waals surface area contributed by atoms with Crippen LogP contribution in [-0.2, 0) is 0 Å². The average molecular weight is 438 g/mol. The summed E-state index contributed by atoms with van der Waals surface area (Å²) in [6.07, 6.45) is 1.71. The Kier molecular flexibility index (Phi) is 5.66. The first-order valence-corrected chi connectivity index (χ1v) is 12.1. The van der Waals surface area contributed by atoms with Crippen molar-refractivity contribution in [3.8, 4) is 16.2 Å². The number of benzene rings is 1. The molecule has 0 bridgehead atoms. The lowest BCUT2D eigenvalue weighted by Gasteiger charge is -2.33. The van der Waals surface area contributed by atoms with E-state index in [4.69, 9.17) is 9.72 Å². The van der Waals surface area contributed by atoms with Gasteiger partial charge in [-0.25, -0.2) is 9.97 Å². The molecule has 1 saturated heterocycles. The van der Waals surface area contributed by atoms with E-state index in [2.05, 4.69) is 64.0 Å². The van der Waals surface area contributed by atoms with E-state index in [1.807, 2.05) is 0 Å². The number of hydrogen-bond acceptors (Lipinski definition) is 6. The summed E-state index contributed by atoms with van der Waals surface area (Å²) >= 11 is 3.48. The first-order valence-electron chi connectivity index (χ1n) is 10.3. The molecule has 0 aliphatic carbocycles. The van der Waals surface area contributed by atoms with Crippen molar-refractivity contribution in [3.05, 3.63) is 59.0 Å². The Morgan fingerprint density at radius 3 is 2.67 bits per heavy atom. The maximum atomic E-state index is 5.93. The number of piperazine rings is 1. The summed E-state index contributed by atoms with van der Waals surface area (Å²) in [5.41, 5.74) is 2.53. The molecule has 0 spiro atoms. The highest BCUT2D eigenvalue weighted by atomic mass is 32.1. The van der Waals surface area contributed by atoms with Gasteiger partial charge in [-0.15, -0.1) is 22.7 Å². The van der Waals surface area contributed by atoms with Gasteiger partial charge in [0.2, 0.25) is 0 Å². The molecule has 7 heteroatoms. The fourth-order valence-corrected chi connectivity index (χ4v) is 5.67. The summed E-state index contributed by atoms with van der Waals surface area (Å²) < 4.78 is 5.93. The molecule has 30 heavy (non-hydrogen) atoms. The zero-order valence-electron chi connectivity index (χ0n) is 17.0. The average Bonchev–Trinajstić information content (AvgIpc) is 3.45. The number of rotatable bonds is 6. The summed E-state index contributed by atoms with van der Waals surface area (Å²) in [5.74, 6) is 2.04. The smallest absolute Gasteiger partial charge is 0.141 e. The van der Waals surface area contributed by atoms with Gasteiger partial charge >= 0.3 is 0 Å². The zero-order valence-corrected chi connectivity index (χ0v) is 18.6. The molecule has 0 radical (unpaired) electrons. The van der Waals surface area contributed by atoms with Gasteiger partial charge in [-0.05, 0) is 30.5 Å². The third-order valence-corrected chi connectivity index (χ3v) is 7.44.